The molecule has 1 aromatic heterocycles. The molecule has 2 aliphatic heterocycles. The first-order chi connectivity index (χ1) is 18.5. The summed E-state index contributed by atoms with van der Waals surface area (Å²) in [6.07, 6.45) is 8.14. The van der Waals surface area contributed by atoms with E-state index in [0.717, 1.165) is 36.9 Å². The molecule has 3 amide bonds. The summed E-state index contributed by atoms with van der Waals surface area (Å²) in [5.74, 6) is 0.795. The van der Waals surface area contributed by atoms with E-state index in [1.807, 2.05) is 31.2 Å². The minimum absolute atomic E-state index is 0.0131. The third-order valence-electron chi connectivity index (χ3n) is 7.09. The molecule has 0 saturated heterocycles. The first-order valence-corrected chi connectivity index (χ1v) is 14.3. The van der Waals surface area contributed by atoms with E-state index >= 15 is 0 Å². The molecule has 1 fully saturated rings. The Morgan fingerprint density at radius 2 is 1.97 bits per heavy atom. The van der Waals surface area contributed by atoms with Gasteiger partial charge in [0.15, 0.2) is 5.17 Å². The average molecular weight is 536 g/mol. The van der Waals surface area contributed by atoms with Crippen molar-refractivity contribution in [3.05, 3.63) is 54.0 Å². The lowest BCUT2D eigenvalue weighted by atomic mass is 9.95. The van der Waals surface area contributed by atoms with Gasteiger partial charge in [0.2, 0.25) is 11.8 Å². The van der Waals surface area contributed by atoms with Crippen LogP contribution in [0.1, 0.15) is 69.6 Å². The van der Waals surface area contributed by atoms with Crippen molar-refractivity contribution < 1.29 is 18.8 Å². The highest BCUT2D eigenvalue weighted by Gasteiger charge is 2.42. The molecule has 5 rings (SSSR count). The summed E-state index contributed by atoms with van der Waals surface area (Å²) >= 11 is 1.31. The number of carbonyl (C=O) groups excluding carboxylic acids is 3. The first kappa shape index (κ1) is 26.2. The van der Waals surface area contributed by atoms with E-state index in [4.69, 9.17) is 14.4 Å². The number of para-hydroxylation sites is 1. The number of nitrogens with zero attached hydrogens (tertiary/aromatic N) is 3. The second-order valence-corrected chi connectivity index (χ2v) is 11.0. The van der Waals surface area contributed by atoms with E-state index in [-0.39, 0.29) is 41.9 Å². The topological polar surface area (TPSA) is 116 Å². The van der Waals surface area contributed by atoms with Gasteiger partial charge in [-0.05, 0) is 49.9 Å². The fourth-order valence-corrected chi connectivity index (χ4v) is 6.04. The van der Waals surface area contributed by atoms with E-state index in [9.17, 15) is 14.4 Å². The van der Waals surface area contributed by atoms with Crippen LogP contribution < -0.4 is 10.6 Å². The van der Waals surface area contributed by atoms with Gasteiger partial charge in [-0.1, -0.05) is 50.1 Å². The highest BCUT2D eigenvalue weighted by atomic mass is 32.2. The third kappa shape index (κ3) is 5.85. The van der Waals surface area contributed by atoms with E-state index in [0.29, 0.717) is 29.7 Å². The molecule has 38 heavy (non-hydrogen) atoms. The summed E-state index contributed by atoms with van der Waals surface area (Å²) < 4.78 is 5.25. The first-order valence-electron chi connectivity index (χ1n) is 13.4. The highest BCUT2D eigenvalue weighted by molar-refractivity contribution is 8.15. The highest BCUT2D eigenvalue weighted by Crippen LogP contribution is 2.36. The molecule has 10 heteroatoms. The van der Waals surface area contributed by atoms with Crippen molar-refractivity contribution in [2.45, 2.75) is 82.2 Å². The van der Waals surface area contributed by atoms with Crippen molar-refractivity contribution in [3.63, 3.8) is 0 Å². The number of amides is 3. The average Bonchev–Trinajstić information content (AvgIpc) is 3.58. The Bertz CT molecular complexity index is 1240. The fraction of sp³-hybridized carbons (Fsp3) is 0.464. The second kappa shape index (κ2) is 12.0. The smallest absolute Gasteiger partial charge is 0.259 e. The SMILES string of the molecule is CCC(SC1=Nc2ccccc2C2=NC(CCC(=O)NCc3ccco3)C(=O)N12)C(=O)NC1CCCCC1. The Hall–Kier alpha value is -3.40. The predicted molar refractivity (Wildman–Crippen MR) is 147 cm³/mol. The summed E-state index contributed by atoms with van der Waals surface area (Å²) in [5.41, 5.74) is 1.49. The molecule has 0 bridgehead atoms. The number of nitrogens with one attached hydrogen (secondary N) is 2. The van der Waals surface area contributed by atoms with Gasteiger partial charge in [-0.3, -0.25) is 19.4 Å². The minimum Gasteiger partial charge on any atom is -0.467 e. The molecule has 2 unspecified atom stereocenters. The number of aliphatic imine (C=N–C) groups is 2. The summed E-state index contributed by atoms with van der Waals surface area (Å²) in [6, 6.07) is 10.7. The van der Waals surface area contributed by atoms with Crippen molar-refractivity contribution >= 4 is 46.2 Å². The largest absolute Gasteiger partial charge is 0.467 e. The molecular weight excluding hydrogens is 502 g/mol. The van der Waals surface area contributed by atoms with Crippen LogP contribution in [0.15, 0.2) is 57.1 Å². The number of carbonyl (C=O) groups is 3. The van der Waals surface area contributed by atoms with Gasteiger partial charge in [0, 0.05) is 18.0 Å². The zero-order valence-corrected chi connectivity index (χ0v) is 22.3. The molecule has 0 spiro atoms. The van der Waals surface area contributed by atoms with Crippen molar-refractivity contribution in [2.24, 2.45) is 9.98 Å². The van der Waals surface area contributed by atoms with Gasteiger partial charge in [-0.25, -0.2) is 9.89 Å². The lowest BCUT2D eigenvalue weighted by molar-refractivity contribution is -0.125. The number of rotatable bonds is 9. The van der Waals surface area contributed by atoms with Gasteiger partial charge >= 0.3 is 0 Å². The normalized spacial score (nSPS) is 19.8. The molecule has 2 aromatic rings. The summed E-state index contributed by atoms with van der Waals surface area (Å²) in [7, 11) is 0. The molecule has 2 atom stereocenters. The Kier molecular flexibility index (Phi) is 8.26. The number of thioether (sulfide) groups is 1. The van der Waals surface area contributed by atoms with Crippen LogP contribution in [0.25, 0.3) is 0 Å². The molecule has 1 aromatic carbocycles. The zero-order valence-electron chi connectivity index (χ0n) is 21.5. The molecule has 1 aliphatic carbocycles. The quantitative estimate of drug-likeness (QED) is 0.497. The Balaban J connectivity index is 1.28. The van der Waals surface area contributed by atoms with Gasteiger partial charge in [-0.2, -0.15) is 0 Å². The number of benzene rings is 1. The summed E-state index contributed by atoms with van der Waals surface area (Å²) in [4.78, 5) is 50.1. The maximum absolute atomic E-state index is 13.5. The number of hydrogen-bond donors (Lipinski definition) is 2. The predicted octanol–water partition coefficient (Wildman–Crippen LogP) is 4.30. The Morgan fingerprint density at radius 3 is 2.74 bits per heavy atom. The third-order valence-corrected chi connectivity index (χ3v) is 8.41. The molecule has 0 radical (unpaired) electrons. The van der Waals surface area contributed by atoms with Crippen LogP contribution in [0, 0.1) is 0 Å². The van der Waals surface area contributed by atoms with Crippen LogP contribution in [0.4, 0.5) is 5.69 Å². The number of furan rings is 1. The van der Waals surface area contributed by atoms with Gasteiger partial charge in [-0.15, -0.1) is 0 Å². The van der Waals surface area contributed by atoms with E-state index < -0.39 is 6.04 Å². The Labute approximate surface area is 226 Å². The number of fused-ring (bicyclic) bond motifs is 3. The van der Waals surface area contributed by atoms with Crippen LogP contribution in [-0.2, 0) is 20.9 Å². The summed E-state index contributed by atoms with van der Waals surface area (Å²) in [6.45, 7) is 2.27. The minimum atomic E-state index is -0.688. The van der Waals surface area contributed by atoms with Crippen LogP contribution >= 0.6 is 11.8 Å². The molecule has 200 valence electrons. The van der Waals surface area contributed by atoms with E-state index in [1.54, 1.807) is 18.4 Å². The van der Waals surface area contributed by atoms with Gasteiger partial charge in [0.05, 0.1) is 23.7 Å². The maximum Gasteiger partial charge on any atom is 0.259 e. The second-order valence-electron chi connectivity index (χ2n) is 9.81. The maximum atomic E-state index is 13.5. The van der Waals surface area contributed by atoms with Crippen LogP contribution in [0.2, 0.25) is 0 Å². The lowest BCUT2D eigenvalue weighted by Gasteiger charge is -2.29. The zero-order chi connectivity index (χ0) is 26.5. The van der Waals surface area contributed by atoms with Crippen LogP contribution in [0.3, 0.4) is 0 Å². The van der Waals surface area contributed by atoms with Crippen molar-refractivity contribution in [1.82, 2.24) is 15.5 Å². The van der Waals surface area contributed by atoms with Crippen molar-refractivity contribution in [1.29, 1.82) is 0 Å². The van der Waals surface area contributed by atoms with Crippen LogP contribution in [0.5, 0.6) is 0 Å². The fourth-order valence-electron chi connectivity index (χ4n) is 5.01. The number of hydrogen-bond acceptors (Lipinski definition) is 7. The van der Waals surface area contributed by atoms with E-state index in [1.165, 1.54) is 23.1 Å². The Morgan fingerprint density at radius 1 is 1.16 bits per heavy atom. The van der Waals surface area contributed by atoms with E-state index in [2.05, 4.69) is 10.6 Å². The molecule has 3 heterocycles. The van der Waals surface area contributed by atoms with Crippen molar-refractivity contribution in [3.8, 4) is 0 Å². The molecule has 1 saturated carbocycles. The van der Waals surface area contributed by atoms with Crippen LogP contribution in [-0.4, -0.2) is 51.0 Å². The van der Waals surface area contributed by atoms with Gasteiger partial charge < -0.3 is 15.1 Å². The molecule has 9 nitrogen and oxygen atoms in total. The van der Waals surface area contributed by atoms with Gasteiger partial charge in [0.1, 0.15) is 17.6 Å². The number of amidine groups is 2. The monoisotopic (exact) mass is 535 g/mol. The molecule has 2 N–H and O–H groups in total. The summed E-state index contributed by atoms with van der Waals surface area (Å²) in [5, 5.41) is 6.11. The molecular formula is C28H33N5O4S. The molecule has 3 aliphatic rings. The lowest BCUT2D eigenvalue weighted by Crippen LogP contribution is -2.45. The van der Waals surface area contributed by atoms with Gasteiger partial charge in [0.25, 0.3) is 5.91 Å². The van der Waals surface area contributed by atoms with Crippen molar-refractivity contribution in [2.75, 3.05) is 0 Å². The standard InChI is InChI=1S/C28H33N5O4S/c1-2-23(26(35)30-18-9-4-3-5-10-18)38-28-32-21-13-7-6-12-20(21)25-31-22(27(36)33(25)28)14-15-24(34)29-17-19-11-8-16-37-19/h6-8,11-13,16,18,22-23H,2-5,9-10,14-15,17H2,1H3,(H,29,34)(H,30,35).